The molecular formula is C18H28N2O4. The fourth-order valence-electron chi connectivity index (χ4n) is 3.15. The standard InChI is InChI=1S/C18H28N2O4/c1-5-23-16-8-7-13(9-17(16)24-6-2)18(22)20-10-14(12-21)15(11-20)19(3)4/h7-9,14-15,21H,5-6,10-12H2,1-4H3/t14-,15+/m0/s1. The fourth-order valence-corrected chi connectivity index (χ4v) is 3.15. The van der Waals surface area contributed by atoms with E-state index in [4.69, 9.17) is 9.47 Å². The molecule has 6 heteroatoms. The molecule has 1 heterocycles. The molecule has 0 bridgehead atoms. The van der Waals surface area contributed by atoms with Crippen molar-refractivity contribution in [1.82, 2.24) is 9.80 Å². The third-order valence-corrected chi connectivity index (χ3v) is 4.38. The largest absolute Gasteiger partial charge is 0.490 e. The van der Waals surface area contributed by atoms with Crippen LogP contribution in [0.1, 0.15) is 24.2 Å². The second kappa shape index (κ2) is 8.35. The van der Waals surface area contributed by atoms with Gasteiger partial charge in [0.05, 0.1) is 13.2 Å². The number of ether oxygens (including phenoxy) is 2. The fraction of sp³-hybridized carbons (Fsp3) is 0.611. The number of hydrogen-bond donors (Lipinski definition) is 1. The second-order valence-corrected chi connectivity index (χ2v) is 6.21. The van der Waals surface area contributed by atoms with Gasteiger partial charge in [-0.25, -0.2) is 0 Å². The van der Waals surface area contributed by atoms with Gasteiger partial charge < -0.3 is 24.4 Å². The number of likely N-dealkylation sites (N-methyl/N-ethyl adjacent to an activating group) is 1. The van der Waals surface area contributed by atoms with E-state index < -0.39 is 0 Å². The van der Waals surface area contributed by atoms with Crippen LogP contribution in [0.25, 0.3) is 0 Å². The number of likely N-dealkylation sites (tertiary alicyclic amines) is 1. The first-order chi connectivity index (χ1) is 11.5. The van der Waals surface area contributed by atoms with Crippen molar-refractivity contribution >= 4 is 5.91 Å². The summed E-state index contributed by atoms with van der Waals surface area (Å²) in [7, 11) is 3.96. The minimum Gasteiger partial charge on any atom is -0.490 e. The highest BCUT2D eigenvalue weighted by atomic mass is 16.5. The normalized spacial score (nSPS) is 20.5. The number of rotatable bonds is 7. The number of aliphatic hydroxyl groups excluding tert-OH is 1. The first kappa shape index (κ1) is 18.5. The molecule has 0 spiro atoms. The van der Waals surface area contributed by atoms with Gasteiger partial charge in [-0.2, -0.15) is 0 Å². The highest BCUT2D eigenvalue weighted by molar-refractivity contribution is 5.95. The number of nitrogens with zero attached hydrogens (tertiary/aromatic N) is 2. The van der Waals surface area contributed by atoms with E-state index in [0.29, 0.717) is 43.4 Å². The molecule has 134 valence electrons. The summed E-state index contributed by atoms with van der Waals surface area (Å²) in [5.74, 6) is 1.28. The Balaban J connectivity index is 2.19. The Bertz CT molecular complexity index is 562. The molecule has 1 saturated heterocycles. The molecule has 2 atom stereocenters. The first-order valence-corrected chi connectivity index (χ1v) is 8.47. The van der Waals surface area contributed by atoms with Crippen LogP contribution in [0.4, 0.5) is 0 Å². The molecular weight excluding hydrogens is 308 g/mol. The van der Waals surface area contributed by atoms with Crippen LogP contribution in [0.3, 0.4) is 0 Å². The lowest BCUT2D eigenvalue weighted by molar-refractivity contribution is 0.0778. The van der Waals surface area contributed by atoms with Crippen molar-refractivity contribution in [3.63, 3.8) is 0 Å². The lowest BCUT2D eigenvalue weighted by Gasteiger charge is -2.23. The predicted molar refractivity (Wildman–Crippen MR) is 92.7 cm³/mol. The molecule has 1 aliphatic rings. The first-order valence-electron chi connectivity index (χ1n) is 8.47. The lowest BCUT2D eigenvalue weighted by Crippen LogP contribution is -2.37. The van der Waals surface area contributed by atoms with E-state index in [2.05, 4.69) is 4.90 Å². The Morgan fingerprint density at radius 3 is 2.42 bits per heavy atom. The summed E-state index contributed by atoms with van der Waals surface area (Å²) in [6.45, 7) is 6.14. The Kier molecular flexibility index (Phi) is 6.45. The molecule has 0 saturated carbocycles. The molecule has 1 N–H and O–H groups in total. The minimum atomic E-state index is -0.0400. The maximum Gasteiger partial charge on any atom is 0.254 e. The number of amides is 1. The summed E-state index contributed by atoms with van der Waals surface area (Å²) < 4.78 is 11.1. The monoisotopic (exact) mass is 336 g/mol. The summed E-state index contributed by atoms with van der Waals surface area (Å²) in [4.78, 5) is 16.7. The predicted octanol–water partition coefficient (Wildman–Crippen LogP) is 1.48. The van der Waals surface area contributed by atoms with Gasteiger partial charge in [-0.05, 0) is 46.1 Å². The van der Waals surface area contributed by atoms with Crippen LogP contribution in [-0.4, -0.2) is 73.9 Å². The van der Waals surface area contributed by atoms with Gasteiger partial charge >= 0.3 is 0 Å². The van der Waals surface area contributed by atoms with Gasteiger partial charge in [-0.1, -0.05) is 0 Å². The van der Waals surface area contributed by atoms with Gasteiger partial charge in [0.15, 0.2) is 11.5 Å². The molecule has 1 fully saturated rings. The number of hydrogen-bond acceptors (Lipinski definition) is 5. The van der Waals surface area contributed by atoms with Crippen LogP contribution in [0.5, 0.6) is 11.5 Å². The van der Waals surface area contributed by atoms with Gasteiger partial charge in [0.2, 0.25) is 0 Å². The molecule has 2 rings (SSSR count). The van der Waals surface area contributed by atoms with E-state index in [9.17, 15) is 9.90 Å². The van der Waals surface area contributed by atoms with Crippen molar-refractivity contribution in [2.45, 2.75) is 19.9 Å². The highest BCUT2D eigenvalue weighted by Crippen LogP contribution is 2.30. The highest BCUT2D eigenvalue weighted by Gasteiger charge is 2.36. The molecule has 0 aromatic heterocycles. The van der Waals surface area contributed by atoms with E-state index in [1.54, 1.807) is 23.1 Å². The molecule has 1 aromatic carbocycles. The summed E-state index contributed by atoms with van der Waals surface area (Å²) in [5, 5.41) is 9.56. The van der Waals surface area contributed by atoms with E-state index in [0.717, 1.165) is 0 Å². The van der Waals surface area contributed by atoms with Gasteiger partial charge in [-0.15, -0.1) is 0 Å². The summed E-state index contributed by atoms with van der Waals surface area (Å²) in [6, 6.07) is 5.47. The van der Waals surface area contributed by atoms with Crippen molar-refractivity contribution in [3.8, 4) is 11.5 Å². The molecule has 0 aliphatic carbocycles. The van der Waals surface area contributed by atoms with Gasteiger partial charge in [0, 0.05) is 37.2 Å². The van der Waals surface area contributed by atoms with E-state index in [1.165, 1.54) is 0 Å². The molecule has 0 radical (unpaired) electrons. The van der Waals surface area contributed by atoms with E-state index in [-0.39, 0.29) is 24.5 Å². The Morgan fingerprint density at radius 1 is 1.21 bits per heavy atom. The van der Waals surface area contributed by atoms with Crippen molar-refractivity contribution in [2.75, 3.05) is 47.0 Å². The van der Waals surface area contributed by atoms with Crippen LogP contribution in [0.2, 0.25) is 0 Å². The maximum absolute atomic E-state index is 12.8. The maximum atomic E-state index is 12.8. The lowest BCUT2D eigenvalue weighted by atomic mass is 10.0. The second-order valence-electron chi connectivity index (χ2n) is 6.21. The van der Waals surface area contributed by atoms with E-state index in [1.807, 2.05) is 27.9 Å². The number of aliphatic hydroxyl groups is 1. The van der Waals surface area contributed by atoms with Crippen LogP contribution in [0.15, 0.2) is 18.2 Å². The quantitative estimate of drug-likeness (QED) is 0.817. The molecule has 0 unspecified atom stereocenters. The molecule has 1 aliphatic heterocycles. The van der Waals surface area contributed by atoms with Crippen LogP contribution in [0, 0.1) is 5.92 Å². The zero-order valence-corrected chi connectivity index (χ0v) is 15.0. The third kappa shape index (κ3) is 3.99. The Labute approximate surface area is 144 Å². The van der Waals surface area contributed by atoms with Crippen LogP contribution in [-0.2, 0) is 0 Å². The third-order valence-electron chi connectivity index (χ3n) is 4.38. The van der Waals surface area contributed by atoms with E-state index >= 15 is 0 Å². The van der Waals surface area contributed by atoms with Gasteiger partial charge in [0.1, 0.15) is 0 Å². The number of carbonyl (C=O) groups is 1. The molecule has 6 nitrogen and oxygen atoms in total. The average Bonchev–Trinajstić information content (AvgIpc) is 3.01. The molecule has 24 heavy (non-hydrogen) atoms. The van der Waals surface area contributed by atoms with Gasteiger partial charge in [0.25, 0.3) is 5.91 Å². The molecule has 1 aromatic rings. The number of carbonyl (C=O) groups excluding carboxylic acids is 1. The summed E-state index contributed by atoms with van der Waals surface area (Å²) in [5.41, 5.74) is 0.581. The minimum absolute atomic E-state index is 0.0400. The van der Waals surface area contributed by atoms with Crippen molar-refractivity contribution in [2.24, 2.45) is 5.92 Å². The van der Waals surface area contributed by atoms with Crippen molar-refractivity contribution in [3.05, 3.63) is 23.8 Å². The average molecular weight is 336 g/mol. The van der Waals surface area contributed by atoms with Crippen molar-refractivity contribution in [1.29, 1.82) is 0 Å². The zero-order valence-electron chi connectivity index (χ0n) is 15.0. The van der Waals surface area contributed by atoms with Crippen LogP contribution < -0.4 is 9.47 Å². The topological polar surface area (TPSA) is 62.2 Å². The number of benzene rings is 1. The molecule has 1 amide bonds. The SMILES string of the molecule is CCOc1ccc(C(=O)N2C[C@@H](CO)[C@H](N(C)C)C2)cc1OCC. The van der Waals surface area contributed by atoms with Crippen molar-refractivity contribution < 1.29 is 19.4 Å². The summed E-state index contributed by atoms with van der Waals surface area (Å²) >= 11 is 0. The smallest absolute Gasteiger partial charge is 0.254 e. The zero-order chi connectivity index (χ0) is 17.7. The summed E-state index contributed by atoms with van der Waals surface area (Å²) in [6.07, 6.45) is 0. The van der Waals surface area contributed by atoms with Crippen LogP contribution >= 0.6 is 0 Å². The Hall–Kier alpha value is -1.79. The Morgan fingerprint density at radius 2 is 1.88 bits per heavy atom. The van der Waals surface area contributed by atoms with Gasteiger partial charge in [-0.3, -0.25) is 4.79 Å².